The van der Waals surface area contributed by atoms with Crippen LogP contribution in [0.4, 0.5) is 17.1 Å². The van der Waals surface area contributed by atoms with Crippen molar-refractivity contribution in [2.24, 2.45) is 0 Å². The van der Waals surface area contributed by atoms with E-state index >= 15 is 0 Å². The number of ether oxygens (including phenoxy) is 1. The second-order valence-electron chi connectivity index (χ2n) is 6.21. The zero-order valence-corrected chi connectivity index (χ0v) is 16.1. The van der Waals surface area contributed by atoms with Crippen molar-refractivity contribution in [1.29, 1.82) is 0 Å². The predicted molar refractivity (Wildman–Crippen MR) is 109 cm³/mol. The summed E-state index contributed by atoms with van der Waals surface area (Å²) in [6, 6.07) is 13.0. The fourth-order valence-electron chi connectivity index (χ4n) is 2.61. The summed E-state index contributed by atoms with van der Waals surface area (Å²) in [6.45, 7) is 4.06. The summed E-state index contributed by atoms with van der Waals surface area (Å²) in [4.78, 5) is 16.7. The highest BCUT2D eigenvalue weighted by molar-refractivity contribution is 6.32. The molecule has 138 valence electrons. The smallest absolute Gasteiger partial charge is 0.257 e. The minimum atomic E-state index is -0.270. The molecule has 27 heavy (non-hydrogen) atoms. The van der Waals surface area contributed by atoms with E-state index in [-0.39, 0.29) is 5.91 Å². The number of nitrogens with one attached hydrogen (secondary N) is 2. The lowest BCUT2D eigenvalue weighted by Crippen LogP contribution is -2.12. The van der Waals surface area contributed by atoms with Crippen molar-refractivity contribution in [3.63, 3.8) is 0 Å². The van der Waals surface area contributed by atoms with Gasteiger partial charge in [0, 0.05) is 17.6 Å². The van der Waals surface area contributed by atoms with Gasteiger partial charge in [0.2, 0.25) is 0 Å². The van der Waals surface area contributed by atoms with Gasteiger partial charge in [-0.15, -0.1) is 0 Å². The Morgan fingerprint density at radius 2 is 1.85 bits per heavy atom. The third kappa shape index (κ3) is 4.57. The van der Waals surface area contributed by atoms with Gasteiger partial charge in [-0.25, -0.2) is 0 Å². The maximum absolute atomic E-state index is 12.6. The number of amides is 1. The summed E-state index contributed by atoms with van der Waals surface area (Å²) in [7, 11) is 1.54. The van der Waals surface area contributed by atoms with Crippen LogP contribution < -0.4 is 15.4 Å². The molecular formula is C21H20ClN3O2. The van der Waals surface area contributed by atoms with E-state index in [9.17, 15) is 4.79 Å². The van der Waals surface area contributed by atoms with Gasteiger partial charge in [-0.3, -0.25) is 9.78 Å². The molecule has 1 aromatic heterocycles. The van der Waals surface area contributed by atoms with Gasteiger partial charge in [-0.2, -0.15) is 0 Å². The number of methoxy groups -OCH3 is 1. The van der Waals surface area contributed by atoms with E-state index in [1.807, 2.05) is 13.8 Å². The summed E-state index contributed by atoms with van der Waals surface area (Å²) in [6.07, 6.45) is 3.21. The quantitative estimate of drug-likeness (QED) is 0.624. The number of pyridine rings is 1. The van der Waals surface area contributed by atoms with Crippen LogP contribution in [0.5, 0.6) is 5.75 Å². The SMILES string of the molecule is COc1ccc(NC(=O)c2cncc(Nc3cc(C)ccc3C)c2)cc1Cl. The Hall–Kier alpha value is -3.05. The van der Waals surface area contributed by atoms with Crippen LogP contribution in [0.2, 0.25) is 5.02 Å². The Bertz CT molecular complexity index is 989. The van der Waals surface area contributed by atoms with Gasteiger partial charge in [0.25, 0.3) is 5.91 Å². The number of aryl methyl sites for hydroxylation is 2. The van der Waals surface area contributed by atoms with Crippen molar-refractivity contribution >= 4 is 34.6 Å². The first-order chi connectivity index (χ1) is 13.0. The molecule has 3 rings (SSSR count). The summed E-state index contributed by atoms with van der Waals surface area (Å²) in [5.41, 5.74) is 5.01. The number of halogens is 1. The monoisotopic (exact) mass is 381 g/mol. The van der Waals surface area contributed by atoms with E-state index in [0.717, 1.165) is 22.5 Å². The lowest BCUT2D eigenvalue weighted by Gasteiger charge is -2.12. The van der Waals surface area contributed by atoms with Crippen molar-refractivity contribution in [2.45, 2.75) is 13.8 Å². The zero-order chi connectivity index (χ0) is 19.4. The molecule has 0 fully saturated rings. The van der Waals surface area contributed by atoms with E-state index in [2.05, 4.69) is 33.8 Å². The normalized spacial score (nSPS) is 10.4. The van der Waals surface area contributed by atoms with Gasteiger partial charge < -0.3 is 15.4 Å². The number of aromatic nitrogens is 1. The molecule has 2 N–H and O–H groups in total. The second-order valence-corrected chi connectivity index (χ2v) is 6.62. The van der Waals surface area contributed by atoms with Crippen LogP contribution in [0.1, 0.15) is 21.5 Å². The van der Waals surface area contributed by atoms with E-state index < -0.39 is 0 Å². The average Bonchev–Trinajstić information content (AvgIpc) is 2.65. The van der Waals surface area contributed by atoms with Gasteiger partial charge in [0.15, 0.2) is 0 Å². The number of nitrogens with zero attached hydrogens (tertiary/aromatic N) is 1. The minimum absolute atomic E-state index is 0.270. The molecule has 0 aliphatic rings. The minimum Gasteiger partial charge on any atom is -0.495 e. The van der Waals surface area contributed by atoms with Gasteiger partial charge in [-0.1, -0.05) is 23.7 Å². The Labute approximate surface area is 163 Å². The molecule has 0 spiro atoms. The van der Waals surface area contributed by atoms with Crippen LogP contribution in [0.15, 0.2) is 54.9 Å². The van der Waals surface area contributed by atoms with Crippen LogP contribution in [-0.2, 0) is 0 Å². The summed E-state index contributed by atoms with van der Waals surface area (Å²) in [5, 5.41) is 6.56. The van der Waals surface area contributed by atoms with E-state index in [1.54, 1.807) is 37.6 Å². The highest BCUT2D eigenvalue weighted by Gasteiger charge is 2.10. The first kappa shape index (κ1) is 18.7. The van der Waals surface area contributed by atoms with Gasteiger partial charge in [0.05, 0.1) is 29.6 Å². The zero-order valence-electron chi connectivity index (χ0n) is 15.3. The van der Waals surface area contributed by atoms with Crippen molar-refractivity contribution in [3.8, 4) is 5.75 Å². The molecule has 3 aromatic rings. The van der Waals surface area contributed by atoms with E-state index in [1.165, 1.54) is 6.20 Å². The Morgan fingerprint density at radius 1 is 1.04 bits per heavy atom. The molecule has 0 atom stereocenters. The van der Waals surface area contributed by atoms with Crippen LogP contribution in [0, 0.1) is 13.8 Å². The Balaban J connectivity index is 1.77. The van der Waals surface area contributed by atoms with Gasteiger partial charge in [0.1, 0.15) is 5.75 Å². The van der Waals surface area contributed by atoms with Crippen LogP contribution in [0.3, 0.4) is 0 Å². The molecule has 0 saturated heterocycles. The molecule has 0 radical (unpaired) electrons. The van der Waals surface area contributed by atoms with Crippen molar-refractivity contribution in [2.75, 3.05) is 17.7 Å². The number of benzene rings is 2. The summed E-state index contributed by atoms with van der Waals surface area (Å²) < 4.78 is 5.12. The summed E-state index contributed by atoms with van der Waals surface area (Å²) >= 11 is 6.10. The molecule has 0 saturated carbocycles. The molecule has 0 aliphatic carbocycles. The third-order valence-corrected chi connectivity index (χ3v) is 4.38. The number of hydrogen-bond acceptors (Lipinski definition) is 4. The highest BCUT2D eigenvalue weighted by atomic mass is 35.5. The first-order valence-corrected chi connectivity index (χ1v) is 8.78. The molecular weight excluding hydrogens is 362 g/mol. The molecule has 2 aromatic carbocycles. The number of hydrogen-bond donors (Lipinski definition) is 2. The maximum atomic E-state index is 12.6. The fourth-order valence-corrected chi connectivity index (χ4v) is 2.86. The molecule has 0 unspecified atom stereocenters. The Morgan fingerprint density at radius 3 is 2.59 bits per heavy atom. The first-order valence-electron chi connectivity index (χ1n) is 8.40. The maximum Gasteiger partial charge on any atom is 0.257 e. The summed E-state index contributed by atoms with van der Waals surface area (Å²) in [5.74, 6) is 0.282. The standard InChI is InChI=1S/C21H20ClN3O2/c1-13-4-5-14(2)19(8-13)24-17-9-15(11-23-12-17)21(26)25-16-6-7-20(27-3)18(22)10-16/h4-12,24H,1-3H3,(H,25,26). The van der Waals surface area contributed by atoms with E-state index in [4.69, 9.17) is 16.3 Å². The molecule has 0 aliphatic heterocycles. The topological polar surface area (TPSA) is 63.2 Å². The molecule has 0 bridgehead atoms. The highest BCUT2D eigenvalue weighted by Crippen LogP contribution is 2.27. The lowest BCUT2D eigenvalue weighted by atomic mass is 10.1. The molecule has 5 nitrogen and oxygen atoms in total. The second kappa shape index (κ2) is 8.10. The lowest BCUT2D eigenvalue weighted by molar-refractivity contribution is 0.102. The van der Waals surface area contributed by atoms with Crippen LogP contribution >= 0.6 is 11.6 Å². The number of carbonyl (C=O) groups excluding carboxylic acids is 1. The molecule has 6 heteroatoms. The number of carbonyl (C=O) groups is 1. The van der Waals surface area contributed by atoms with Crippen LogP contribution in [0.25, 0.3) is 0 Å². The van der Waals surface area contributed by atoms with Crippen molar-refractivity contribution in [1.82, 2.24) is 4.98 Å². The van der Waals surface area contributed by atoms with Gasteiger partial charge >= 0.3 is 0 Å². The Kier molecular flexibility index (Phi) is 5.62. The van der Waals surface area contributed by atoms with Crippen molar-refractivity contribution in [3.05, 3.63) is 76.6 Å². The van der Waals surface area contributed by atoms with Crippen molar-refractivity contribution < 1.29 is 9.53 Å². The molecule has 1 amide bonds. The fraction of sp³-hybridized carbons (Fsp3) is 0.143. The van der Waals surface area contributed by atoms with Crippen LogP contribution in [-0.4, -0.2) is 18.0 Å². The van der Waals surface area contributed by atoms with Gasteiger partial charge in [-0.05, 0) is 55.3 Å². The predicted octanol–water partition coefficient (Wildman–Crippen LogP) is 5.36. The molecule has 1 heterocycles. The number of rotatable bonds is 5. The number of anilines is 3. The largest absolute Gasteiger partial charge is 0.495 e. The average molecular weight is 382 g/mol. The third-order valence-electron chi connectivity index (χ3n) is 4.08. The van der Waals surface area contributed by atoms with E-state index in [0.29, 0.717) is 22.0 Å².